The second-order valence-electron chi connectivity index (χ2n) is 7.93. The number of hydrogen-bond acceptors (Lipinski definition) is 5. The highest BCUT2D eigenvalue weighted by Gasteiger charge is 2.27. The fourth-order valence-corrected chi connectivity index (χ4v) is 3.41. The van der Waals surface area contributed by atoms with Gasteiger partial charge in [-0.05, 0) is 30.7 Å². The highest BCUT2D eigenvalue weighted by molar-refractivity contribution is 6.10. The first kappa shape index (κ1) is 21.2. The van der Waals surface area contributed by atoms with E-state index in [-0.39, 0.29) is 36.5 Å². The van der Waals surface area contributed by atoms with Gasteiger partial charge in [0.25, 0.3) is 5.91 Å². The van der Waals surface area contributed by atoms with Crippen molar-refractivity contribution >= 4 is 29.1 Å². The number of benzene rings is 2. The van der Waals surface area contributed by atoms with E-state index in [2.05, 4.69) is 31.1 Å². The summed E-state index contributed by atoms with van der Waals surface area (Å²) in [5.74, 6) is 0.632. The Bertz CT molecular complexity index is 1170. The topological polar surface area (TPSA) is 129 Å². The lowest BCUT2D eigenvalue weighted by Crippen LogP contribution is -2.41. The summed E-state index contributed by atoms with van der Waals surface area (Å²) in [6, 6.07) is 13.2. The number of fused-ring (bicyclic) bond motifs is 1. The van der Waals surface area contributed by atoms with Gasteiger partial charge >= 0.3 is 0 Å². The Morgan fingerprint density at radius 1 is 1.12 bits per heavy atom. The standard InChI is InChI=1S/C23H24N6O3/c1-13(2)20-27-21(29-28-20)14-6-5-7-15(12-14)24-19(30)11-10-18-23(32)25-17-9-4-3-8-16(17)22(31)26-18/h3-9,12-13,18H,10-11H2,1-2H3,(H,24,30)(H,25,32)(H,26,31)(H,27,28,29). The zero-order valence-corrected chi connectivity index (χ0v) is 17.8. The predicted molar refractivity (Wildman–Crippen MR) is 120 cm³/mol. The van der Waals surface area contributed by atoms with E-state index < -0.39 is 6.04 Å². The first-order valence-electron chi connectivity index (χ1n) is 10.4. The van der Waals surface area contributed by atoms with Gasteiger partial charge in [-0.3, -0.25) is 19.5 Å². The Morgan fingerprint density at radius 3 is 2.72 bits per heavy atom. The third-order valence-electron chi connectivity index (χ3n) is 5.17. The molecule has 0 fully saturated rings. The van der Waals surface area contributed by atoms with Crippen LogP contribution in [0.5, 0.6) is 0 Å². The van der Waals surface area contributed by atoms with Crippen molar-refractivity contribution in [3.05, 3.63) is 59.9 Å². The number of H-pyrrole nitrogens is 1. The van der Waals surface area contributed by atoms with E-state index in [1.54, 1.807) is 36.4 Å². The largest absolute Gasteiger partial charge is 0.340 e. The lowest BCUT2D eigenvalue weighted by molar-refractivity contribution is -0.118. The van der Waals surface area contributed by atoms with Crippen LogP contribution in [0.2, 0.25) is 0 Å². The van der Waals surface area contributed by atoms with Crippen molar-refractivity contribution in [3.63, 3.8) is 0 Å². The van der Waals surface area contributed by atoms with Crippen LogP contribution in [0.3, 0.4) is 0 Å². The highest BCUT2D eigenvalue weighted by Crippen LogP contribution is 2.22. The molecule has 2 aromatic carbocycles. The number of carbonyl (C=O) groups is 3. The molecule has 3 aromatic rings. The van der Waals surface area contributed by atoms with Crippen LogP contribution in [0.4, 0.5) is 11.4 Å². The number of rotatable bonds is 6. The van der Waals surface area contributed by atoms with Crippen LogP contribution >= 0.6 is 0 Å². The molecular formula is C23H24N6O3. The number of hydrogen-bond donors (Lipinski definition) is 4. The van der Waals surface area contributed by atoms with Gasteiger partial charge in [-0.2, -0.15) is 5.10 Å². The molecule has 4 rings (SSSR count). The van der Waals surface area contributed by atoms with E-state index in [9.17, 15) is 14.4 Å². The van der Waals surface area contributed by atoms with E-state index in [1.165, 1.54) is 0 Å². The summed E-state index contributed by atoms with van der Waals surface area (Å²) in [5.41, 5.74) is 2.24. The van der Waals surface area contributed by atoms with Gasteiger partial charge in [0.1, 0.15) is 11.9 Å². The van der Waals surface area contributed by atoms with Crippen LogP contribution in [-0.4, -0.2) is 38.9 Å². The van der Waals surface area contributed by atoms with Gasteiger partial charge < -0.3 is 16.0 Å². The van der Waals surface area contributed by atoms with Crippen LogP contribution in [-0.2, 0) is 9.59 Å². The first-order valence-corrected chi connectivity index (χ1v) is 10.4. The summed E-state index contributed by atoms with van der Waals surface area (Å²) in [5, 5.41) is 15.4. The molecule has 164 valence electrons. The number of aromatic nitrogens is 3. The summed E-state index contributed by atoms with van der Waals surface area (Å²) in [6.45, 7) is 4.05. The maximum atomic E-state index is 12.5. The maximum absolute atomic E-state index is 12.5. The minimum absolute atomic E-state index is 0.0666. The van der Waals surface area contributed by atoms with Gasteiger partial charge in [0, 0.05) is 23.6 Å². The number of para-hydroxylation sites is 1. The molecule has 32 heavy (non-hydrogen) atoms. The molecule has 1 aromatic heterocycles. The van der Waals surface area contributed by atoms with Crippen LogP contribution < -0.4 is 16.0 Å². The molecule has 3 amide bonds. The smallest absolute Gasteiger partial charge is 0.254 e. The average Bonchev–Trinajstić information content (AvgIpc) is 3.23. The van der Waals surface area contributed by atoms with E-state index in [0.717, 1.165) is 11.4 Å². The third-order valence-corrected chi connectivity index (χ3v) is 5.17. The number of aromatic amines is 1. The van der Waals surface area contributed by atoms with E-state index in [0.29, 0.717) is 22.8 Å². The van der Waals surface area contributed by atoms with Gasteiger partial charge in [-0.1, -0.05) is 38.1 Å². The molecule has 1 aliphatic rings. The minimum atomic E-state index is -0.797. The lowest BCUT2D eigenvalue weighted by atomic mass is 10.1. The Morgan fingerprint density at radius 2 is 1.94 bits per heavy atom. The molecule has 1 unspecified atom stereocenters. The fourth-order valence-electron chi connectivity index (χ4n) is 3.41. The predicted octanol–water partition coefficient (Wildman–Crippen LogP) is 3.06. The molecular weight excluding hydrogens is 408 g/mol. The normalized spacial score (nSPS) is 15.5. The number of anilines is 2. The van der Waals surface area contributed by atoms with Gasteiger partial charge in [0.2, 0.25) is 11.8 Å². The van der Waals surface area contributed by atoms with Gasteiger partial charge in [-0.15, -0.1) is 0 Å². The van der Waals surface area contributed by atoms with Crippen molar-refractivity contribution in [1.29, 1.82) is 0 Å². The van der Waals surface area contributed by atoms with Crippen molar-refractivity contribution in [2.75, 3.05) is 10.6 Å². The summed E-state index contributed by atoms with van der Waals surface area (Å²) in [4.78, 5) is 41.8. The highest BCUT2D eigenvalue weighted by atomic mass is 16.2. The Hall–Kier alpha value is -4.01. The Labute approximate surface area is 185 Å². The number of carbonyl (C=O) groups excluding carboxylic acids is 3. The van der Waals surface area contributed by atoms with Crippen LogP contribution in [0.25, 0.3) is 11.4 Å². The van der Waals surface area contributed by atoms with Crippen LogP contribution in [0.15, 0.2) is 48.5 Å². The molecule has 9 nitrogen and oxygen atoms in total. The van der Waals surface area contributed by atoms with Crippen LogP contribution in [0.1, 0.15) is 48.8 Å². The summed E-state index contributed by atoms with van der Waals surface area (Å²) in [6.07, 6.45) is 0.243. The molecule has 0 spiro atoms. The van der Waals surface area contributed by atoms with Crippen LogP contribution in [0, 0.1) is 0 Å². The number of nitrogens with zero attached hydrogens (tertiary/aromatic N) is 2. The SMILES string of the molecule is CC(C)c1nc(-c2cccc(NC(=O)CCC3NC(=O)c4ccccc4NC3=O)c2)n[nH]1. The van der Waals surface area contributed by atoms with Gasteiger partial charge in [0.15, 0.2) is 5.82 Å². The number of nitrogens with one attached hydrogen (secondary N) is 4. The molecule has 9 heteroatoms. The second-order valence-corrected chi connectivity index (χ2v) is 7.93. The van der Waals surface area contributed by atoms with Crippen molar-refractivity contribution in [2.45, 2.75) is 38.6 Å². The molecule has 1 aliphatic heterocycles. The zero-order valence-electron chi connectivity index (χ0n) is 17.8. The van der Waals surface area contributed by atoms with E-state index in [4.69, 9.17) is 0 Å². The van der Waals surface area contributed by atoms with Crippen molar-refractivity contribution in [3.8, 4) is 11.4 Å². The summed E-state index contributed by atoms with van der Waals surface area (Å²) in [7, 11) is 0. The second kappa shape index (κ2) is 9.01. The van der Waals surface area contributed by atoms with Gasteiger partial charge in [-0.25, -0.2) is 4.98 Å². The lowest BCUT2D eigenvalue weighted by Gasteiger charge is -2.14. The molecule has 0 saturated carbocycles. The minimum Gasteiger partial charge on any atom is -0.340 e. The summed E-state index contributed by atoms with van der Waals surface area (Å²) >= 11 is 0. The molecule has 4 N–H and O–H groups in total. The van der Waals surface area contributed by atoms with E-state index in [1.807, 2.05) is 26.0 Å². The molecule has 2 heterocycles. The molecule has 0 radical (unpaired) electrons. The molecule has 0 bridgehead atoms. The fraction of sp³-hybridized carbons (Fsp3) is 0.261. The monoisotopic (exact) mass is 432 g/mol. The Kier molecular flexibility index (Phi) is 5.98. The van der Waals surface area contributed by atoms with E-state index >= 15 is 0 Å². The van der Waals surface area contributed by atoms with Crippen molar-refractivity contribution in [1.82, 2.24) is 20.5 Å². The molecule has 1 atom stereocenters. The molecule has 0 aliphatic carbocycles. The molecule has 0 saturated heterocycles. The maximum Gasteiger partial charge on any atom is 0.254 e. The Balaban J connectivity index is 1.37. The van der Waals surface area contributed by atoms with Gasteiger partial charge in [0.05, 0.1) is 11.3 Å². The third kappa shape index (κ3) is 4.66. The average molecular weight is 432 g/mol. The quantitative estimate of drug-likeness (QED) is 0.476. The van der Waals surface area contributed by atoms with Crippen molar-refractivity contribution in [2.24, 2.45) is 0 Å². The summed E-state index contributed by atoms with van der Waals surface area (Å²) < 4.78 is 0. The number of amides is 3. The zero-order chi connectivity index (χ0) is 22.7. The first-order chi connectivity index (χ1) is 15.4. The van der Waals surface area contributed by atoms with Crippen molar-refractivity contribution < 1.29 is 14.4 Å².